The number of pyridine rings is 1. The molecule has 0 bridgehead atoms. The number of hydrogen-bond acceptors (Lipinski definition) is 5. The highest BCUT2D eigenvalue weighted by Gasteiger charge is 2.59. The Morgan fingerprint density at radius 3 is 2.71 bits per heavy atom. The van der Waals surface area contributed by atoms with Crippen molar-refractivity contribution >= 4 is 28.5 Å². The molecule has 0 atom stereocenters. The number of halogens is 3. The number of H-pyrrole nitrogens is 1. The quantitative estimate of drug-likeness (QED) is 0.574. The molecule has 1 N–H and O–H groups in total. The van der Waals surface area contributed by atoms with E-state index in [2.05, 4.69) is 15.2 Å². The number of carbonyl (C=O) groups is 2. The molecule has 1 spiro atoms. The van der Waals surface area contributed by atoms with Crippen LogP contribution in [0.25, 0.3) is 11.0 Å². The first kappa shape index (κ1) is 23.1. The van der Waals surface area contributed by atoms with Crippen LogP contribution in [0.1, 0.15) is 32.3 Å². The van der Waals surface area contributed by atoms with E-state index in [-0.39, 0.29) is 12.0 Å². The minimum atomic E-state index is -4.53. The van der Waals surface area contributed by atoms with Gasteiger partial charge >= 0.3 is 6.18 Å². The van der Waals surface area contributed by atoms with E-state index in [1.165, 1.54) is 18.7 Å². The Morgan fingerprint density at radius 1 is 1.26 bits per heavy atom. The lowest BCUT2D eigenvalue weighted by Gasteiger charge is -2.43. The summed E-state index contributed by atoms with van der Waals surface area (Å²) in [5.74, 6) is -0.618. The number of fused-ring (bicyclic) bond motifs is 3. The number of nitrogens with zero attached hydrogens (tertiary/aromatic N) is 4. The first-order valence-electron chi connectivity index (χ1n) is 11.3. The maximum atomic E-state index is 13.6. The van der Waals surface area contributed by atoms with E-state index in [4.69, 9.17) is 4.74 Å². The van der Waals surface area contributed by atoms with Gasteiger partial charge in [0.05, 0.1) is 17.1 Å². The summed E-state index contributed by atoms with van der Waals surface area (Å²) in [7, 11) is 0. The zero-order valence-electron chi connectivity index (χ0n) is 19.2. The maximum Gasteiger partial charge on any atom is 0.406 e. The molecule has 0 radical (unpaired) electrons. The van der Waals surface area contributed by atoms with E-state index in [9.17, 15) is 22.8 Å². The molecular weight excluding hydrogens is 463 g/mol. The number of rotatable bonds is 6. The maximum absolute atomic E-state index is 13.6. The van der Waals surface area contributed by atoms with Crippen LogP contribution in [-0.4, -0.2) is 63.3 Å². The van der Waals surface area contributed by atoms with E-state index in [1.54, 1.807) is 24.4 Å². The summed E-state index contributed by atoms with van der Waals surface area (Å²) in [6.07, 6.45) is -2.43. The van der Waals surface area contributed by atoms with E-state index >= 15 is 0 Å². The third kappa shape index (κ3) is 4.08. The molecule has 2 amide bonds. The number of aromatic amines is 1. The number of alkyl halides is 3. The predicted molar refractivity (Wildman–Crippen MR) is 121 cm³/mol. The van der Waals surface area contributed by atoms with Crippen molar-refractivity contribution in [3.8, 4) is 5.88 Å². The average molecular weight is 487 g/mol. The van der Waals surface area contributed by atoms with Gasteiger partial charge in [-0.1, -0.05) is 18.2 Å². The summed E-state index contributed by atoms with van der Waals surface area (Å²) in [5.41, 5.74) is 1.90. The highest BCUT2D eigenvalue weighted by molar-refractivity contribution is 6.11. The van der Waals surface area contributed by atoms with Crippen molar-refractivity contribution in [1.82, 2.24) is 20.1 Å². The molecular formula is C24H24F3N5O3. The minimum absolute atomic E-state index is 0.267. The molecule has 1 aliphatic carbocycles. The monoisotopic (exact) mass is 487 g/mol. The average Bonchev–Trinajstić information content (AvgIpc) is 3.33. The fourth-order valence-electron chi connectivity index (χ4n) is 4.98. The van der Waals surface area contributed by atoms with Gasteiger partial charge in [-0.3, -0.25) is 14.7 Å². The van der Waals surface area contributed by atoms with Crippen molar-refractivity contribution in [2.75, 3.05) is 18.0 Å². The number of anilines is 1. The second-order valence-corrected chi connectivity index (χ2v) is 9.32. The van der Waals surface area contributed by atoms with Gasteiger partial charge in [-0.05, 0) is 31.5 Å². The molecule has 3 heterocycles. The molecule has 2 aliphatic rings. The normalized spacial score (nSPS) is 21.5. The second-order valence-electron chi connectivity index (χ2n) is 9.32. The molecule has 8 nitrogen and oxygen atoms in total. The van der Waals surface area contributed by atoms with Crippen LogP contribution in [0.2, 0.25) is 0 Å². The molecule has 1 fully saturated rings. The van der Waals surface area contributed by atoms with Crippen LogP contribution >= 0.6 is 0 Å². The molecule has 1 aromatic carbocycles. The molecule has 0 unspecified atom stereocenters. The SMILES string of the molecule is CC(C)N(CC(F)(F)F)C(=O)CN1C(=O)C2(CC(Oc3ccc4[nH]ncc4n3)C2)c2ccccc21. The first-order valence-corrected chi connectivity index (χ1v) is 11.3. The van der Waals surface area contributed by atoms with E-state index < -0.39 is 36.6 Å². The van der Waals surface area contributed by atoms with Gasteiger partial charge in [0.1, 0.15) is 24.7 Å². The fourth-order valence-corrected chi connectivity index (χ4v) is 4.98. The van der Waals surface area contributed by atoms with Crippen LogP contribution in [0, 0.1) is 0 Å². The smallest absolute Gasteiger partial charge is 0.406 e. The molecule has 3 aromatic rings. The van der Waals surface area contributed by atoms with E-state index in [1.807, 2.05) is 18.2 Å². The zero-order valence-corrected chi connectivity index (χ0v) is 19.2. The molecule has 11 heteroatoms. The summed E-state index contributed by atoms with van der Waals surface area (Å²) >= 11 is 0. The number of ether oxygens (including phenoxy) is 1. The van der Waals surface area contributed by atoms with Gasteiger partial charge < -0.3 is 14.5 Å². The van der Waals surface area contributed by atoms with Crippen molar-refractivity contribution in [3.63, 3.8) is 0 Å². The van der Waals surface area contributed by atoms with Crippen molar-refractivity contribution in [2.45, 2.75) is 50.4 Å². The van der Waals surface area contributed by atoms with Crippen molar-refractivity contribution in [3.05, 3.63) is 48.2 Å². The zero-order chi connectivity index (χ0) is 25.0. The Morgan fingerprint density at radius 2 is 2.00 bits per heavy atom. The molecule has 5 rings (SSSR count). The number of hydrogen-bond donors (Lipinski definition) is 1. The van der Waals surface area contributed by atoms with Crippen LogP contribution in [0.15, 0.2) is 42.6 Å². The Bertz CT molecular complexity index is 1280. The number of amides is 2. The van der Waals surface area contributed by atoms with Gasteiger partial charge in [0.2, 0.25) is 17.7 Å². The lowest BCUT2D eigenvalue weighted by molar-refractivity contribution is -0.163. The largest absolute Gasteiger partial charge is 0.474 e. The highest BCUT2D eigenvalue weighted by Crippen LogP contribution is 2.54. The summed E-state index contributed by atoms with van der Waals surface area (Å²) in [4.78, 5) is 32.9. The molecule has 35 heavy (non-hydrogen) atoms. The van der Waals surface area contributed by atoms with Crippen molar-refractivity contribution in [1.29, 1.82) is 0 Å². The molecule has 2 aromatic heterocycles. The van der Waals surface area contributed by atoms with Crippen LogP contribution in [-0.2, 0) is 15.0 Å². The van der Waals surface area contributed by atoms with Gasteiger partial charge in [-0.2, -0.15) is 18.3 Å². The van der Waals surface area contributed by atoms with Gasteiger partial charge in [-0.15, -0.1) is 0 Å². The summed E-state index contributed by atoms with van der Waals surface area (Å²) in [6, 6.07) is 9.99. The van der Waals surface area contributed by atoms with Gasteiger partial charge in [0.15, 0.2) is 0 Å². The van der Waals surface area contributed by atoms with Crippen LogP contribution in [0.4, 0.5) is 18.9 Å². The summed E-state index contributed by atoms with van der Waals surface area (Å²) in [6.45, 7) is 1.24. The minimum Gasteiger partial charge on any atom is -0.474 e. The standard InChI is InChI=1S/C24H24F3N5O3/c1-14(2)32(13-24(25,26)27)21(33)12-31-19-6-4-3-5-16(19)23(22(31)34)9-15(10-23)35-20-8-7-17-18(29-20)11-28-30-17/h3-8,11,14-15H,9-10,12-13H2,1-2H3,(H,28,30). The van der Waals surface area contributed by atoms with Crippen molar-refractivity contribution in [2.24, 2.45) is 0 Å². The summed E-state index contributed by atoms with van der Waals surface area (Å²) < 4.78 is 45.1. The molecule has 1 aliphatic heterocycles. The lowest BCUT2D eigenvalue weighted by Crippen LogP contribution is -2.55. The van der Waals surface area contributed by atoms with Crippen LogP contribution < -0.4 is 9.64 Å². The van der Waals surface area contributed by atoms with Crippen LogP contribution in [0.5, 0.6) is 5.88 Å². The first-order chi connectivity index (χ1) is 16.6. The molecule has 1 saturated carbocycles. The predicted octanol–water partition coefficient (Wildman–Crippen LogP) is 3.58. The Balaban J connectivity index is 1.33. The van der Waals surface area contributed by atoms with Crippen molar-refractivity contribution < 1.29 is 27.5 Å². The van der Waals surface area contributed by atoms with Gasteiger partial charge in [-0.25, -0.2) is 4.98 Å². The Labute approximate surface area is 199 Å². The van der Waals surface area contributed by atoms with E-state index in [0.717, 1.165) is 16.0 Å². The van der Waals surface area contributed by atoms with E-state index in [0.29, 0.717) is 29.9 Å². The fraction of sp³-hybridized carbons (Fsp3) is 0.417. The highest BCUT2D eigenvalue weighted by atomic mass is 19.4. The Hall–Kier alpha value is -3.63. The third-order valence-electron chi connectivity index (χ3n) is 6.66. The van der Waals surface area contributed by atoms with Gasteiger partial charge in [0.25, 0.3) is 0 Å². The lowest BCUT2D eigenvalue weighted by atomic mass is 9.63. The van der Waals surface area contributed by atoms with Crippen LogP contribution in [0.3, 0.4) is 0 Å². The van der Waals surface area contributed by atoms with Gasteiger partial charge in [0, 0.05) is 30.6 Å². The number of carbonyl (C=O) groups excluding carboxylic acids is 2. The molecule has 0 saturated heterocycles. The topological polar surface area (TPSA) is 91.4 Å². The number of para-hydroxylation sites is 1. The summed E-state index contributed by atoms with van der Waals surface area (Å²) in [5, 5.41) is 6.76. The molecule has 184 valence electrons. The third-order valence-corrected chi connectivity index (χ3v) is 6.66. The Kier molecular flexibility index (Phi) is 5.45. The number of aromatic nitrogens is 3. The number of benzene rings is 1. The number of nitrogens with one attached hydrogen (secondary N) is 1. The second kappa shape index (κ2) is 8.24.